The molecule has 11 heteroatoms. The topological polar surface area (TPSA) is 99.2 Å². The van der Waals surface area contributed by atoms with Crippen LogP contribution in [0.3, 0.4) is 0 Å². The summed E-state index contributed by atoms with van der Waals surface area (Å²) in [6, 6.07) is 13.2. The van der Waals surface area contributed by atoms with Crippen LogP contribution in [0.2, 0.25) is 0 Å². The van der Waals surface area contributed by atoms with E-state index >= 15 is 0 Å². The quantitative estimate of drug-likeness (QED) is 0.340. The number of ether oxygens (including phenoxy) is 1. The molecular formula is C22H18F2N4O3S2. The number of thiazole rings is 1. The Balaban J connectivity index is 1.58. The zero-order valence-electron chi connectivity index (χ0n) is 17.5. The van der Waals surface area contributed by atoms with Gasteiger partial charge >= 0.3 is 6.61 Å². The highest BCUT2D eigenvalue weighted by atomic mass is 32.2. The monoisotopic (exact) mass is 488 g/mol. The fourth-order valence-electron chi connectivity index (χ4n) is 3.03. The second-order valence-electron chi connectivity index (χ2n) is 6.96. The molecule has 0 aliphatic heterocycles. The van der Waals surface area contributed by atoms with Crippen molar-refractivity contribution in [1.82, 2.24) is 9.97 Å². The van der Waals surface area contributed by atoms with E-state index in [9.17, 15) is 18.1 Å². The van der Waals surface area contributed by atoms with Crippen molar-refractivity contribution in [2.24, 2.45) is 0 Å². The summed E-state index contributed by atoms with van der Waals surface area (Å²) < 4.78 is 45.9. The van der Waals surface area contributed by atoms with Crippen molar-refractivity contribution >= 4 is 49.6 Å². The molecule has 0 aliphatic carbocycles. The highest BCUT2D eigenvalue weighted by Gasteiger charge is 2.17. The number of hydrogen-bond acceptors (Lipinski definition) is 7. The maximum Gasteiger partial charge on any atom is 0.387 e. The Labute approximate surface area is 195 Å². The summed E-state index contributed by atoms with van der Waals surface area (Å²) in [5, 5.41) is 3.20. The molecule has 0 bridgehead atoms. The zero-order chi connectivity index (χ0) is 23.5. The molecule has 0 spiro atoms. The average Bonchev–Trinajstić information content (AvgIpc) is 3.15. The molecular weight excluding hydrogens is 470 g/mol. The minimum absolute atomic E-state index is 0.0715. The van der Waals surface area contributed by atoms with E-state index in [1.54, 1.807) is 19.2 Å². The van der Waals surface area contributed by atoms with E-state index in [4.69, 9.17) is 0 Å². The highest BCUT2D eigenvalue weighted by Crippen LogP contribution is 2.32. The summed E-state index contributed by atoms with van der Waals surface area (Å²) in [6.07, 6.45) is 1.71. The van der Waals surface area contributed by atoms with Gasteiger partial charge in [0.2, 0.25) is 5.91 Å². The van der Waals surface area contributed by atoms with Gasteiger partial charge in [-0.2, -0.15) is 8.78 Å². The largest absolute Gasteiger partial charge is 0.588 e. The number of alkyl halides is 2. The third-order valence-electron chi connectivity index (χ3n) is 4.54. The van der Waals surface area contributed by atoms with Crippen LogP contribution in [0.5, 0.6) is 5.75 Å². The fourth-order valence-corrected chi connectivity index (χ4v) is 4.93. The van der Waals surface area contributed by atoms with Crippen molar-refractivity contribution in [1.29, 1.82) is 0 Å². The standard InChI is InChI=1S/C22H18F2N4O3S2/c1-12-19(28-33(30)17-5-3-4-16(10-17)31-21(23)24)8-15(11-25-12)14-6-7-18-20(9-14)32-22(27-18)26-13(2)29/h3-11,21,28H,1-2H3,(H,26,27,29). The lowest BCUT2D eigenvalue weighted by atomic mass is 10.1. The number of amides is 1. The molecule has 4 aromatic rings. The molecule has 170 valence electrons. The first kappa shape index (κ1) is 22.9. The summed E-state index contributed by atoms with van der Waals surface area (Å²) in [4.78, 5) is 20.3. The molecule has 4 rings (SSSR count). The van der Waals surface area contributed by atoms with Crippen LogP contribution in [0.25, 0.3) is 21.3 Å². The van der Waals surface area contributed by atoms with Crippen molar-refractivity contribution < 1.29 is 22.9 Å². The van der Waals surface area contributed by atoms with E-state index in [2.05, 4.69) is 24.7 Å². The third kappa shape index (κ3) is 5.56. The van der Waals surface area contributed by atoms with Gasteiger partial charge in [0.25, 0.3) is 0 Å². The number of carbonyl (C=O) groups is 1. The van der Waals surface area contributed by atoms with Gasteiger partial charge in [0.1, 0.15) is 22.8 Å². The molecule has 0 radical (unpaired) electrons. The average molecular weight is 489 g/mol. The predicted molar refractivity (Wildman–Crippen MR) is 125 cm³/mol. The summed E-state index contributed by atoms with van der Waals surface area (Å²) in [6.45, 7) is 0.233. The van der Waals surface area contributed by atoms with E-state index in [-0.39, 0.29) is 16.6 Å². The van der Waals surface area contributed by atoms with Crippen molar-refractivity contribution in [3.63, 3.8) is 0 Å². The van der Waals surface area contributed by atoms with E-state index in [1.165, 1.54) is 36.5 Å². The lowest BCUT2D eigenvalue weighted by Gasteiger charge is -2.14. The minimum Gasteiger partial charge on any atom is -0.588 e. The van der Waals surface area contributed by atoms with Gasteiger partial charge in [-0.1, -0.05) is 23.5 Å². The van der Waals surface area contributed by atoms with Crippen molar-refractivity contribution in [2.45, 2.75) is 25.4 Å². The van der Waals surface area contributed by atoms with E-state index in [0.29, 0.717) is 16.5 Å². The summed E-state index contributed by atoms with van der Waals surface area (Å²) >= 11 is -0.360. The normalized spacial score (nSPS) is 12.1. The number of benzene rings is 2. The van der Waals surface area contributed by atoms with Crippen LogP contribution in [-0.4, -0.2) is 27.0 Å². The molecule has 0 saturated carbocycles. The van der Waals surface area contributed by atoms with Gasteiger partial charge in [-0.25, -0.2) is 9.71 Å². The number of aryl methyl sites for hydroxylation is 1. The second kappa shape index (κ2) is 9.69. The molecule has 2 heterocycles. The maximum atomic E-state index is 12.8. The van der Waals surface area contributed by atoms with Crippen LogP contribution < -0.4 is 14.8 Å². The molecule has 0 saturated heterocycles. The number of nitrogens with zero attached hydrogens (tertiary/aromatic N) is 2. The first-order valence-electron chi connectivity index (χ1n) is 9.67. The van der Waals surface area contributed by atoms with E-state index < -0.39 is 18.0 Å². The Morgan fingerprint density at radius 3 is 2.76 bits per heavy atom. The Morgan fingerprint density at radius 1 is 1.18 bits per heavy atom. The lowest BCUT2D eigenvalue weighted by molar-refractivity contribution is -0.114. The van der Waals surface area contributed by atoms with Crippen molar-refractivity contribution in [3.8, 4) is 16.9 Å². The van der Waals surface area contributed by atoms with Gasteiger partial charge < -0.3 is 14.6 Å². The Hall–Kier alpha value is -3.28. The molecule has 1 amide bonds. The van der Waals surface area contributed by atoms with Crippen LogP contribution in [0.15, 0.2) is 59.6 Å². The second-order valence-corrected chi connectivity index (χ2v) is 9.21. The number of halogens is 2. The fraction of sp³-hybridized carbons (Fsp3) is 0.136. The van der Waals surface area contributed by atoms with Crippen LogP contribution in [0.4, 0.5) is 19.6 Å². The molecule has 2 aromatic carbocycles. The molecule has 2 N–H and O–H groups in total. The number of hydrogen-bond donors (Lipinski definition) is 2. The van der Waals surface area contributed by atoms with E-state index in [0.717, 1.165) is 21.3 Å². The molecule has 1 unspecified atom stereocenters. The zero-order valence-corrected chi connectivity index (χ0v) is 19.1. The van der Waals surface area contributed by atoms with Crippen molar-refractivity contribution in [2.75, 3.05) is 10.0 Å². The number of fused-ring (bicyclic) bond motifs is 1. The van der Waals surface area contributed by atoms with Gasteiger partial charge in [0.05, 0.1) is 15.9 Å². The molecule has 1 atom stereocenters. The van der Waals surface area contributed by atoms with Gasteiger partial charge in [-0.05, 0) is 42.8 Å². The number of aromatic nitrogens is 2. The first-order chi connectivity index (χ1) is 15.8. The van der Waals surface area contributed by atoms with Crippen LogP contribution >= 0.6 is 11.3 Å². The summed E-state index contributed by atoms with van der Waals surface area (Å²) in [5.41, 5.74) is 3.58. The highest BCUT2D eigenvalue weighted by molar-refractivity contribution is 7.92. The van der Waals surface area contributed by atoms with E-state index in [1.807, 2.05) is 24.3 Å². The summed E-state index contributed by atoms with van der Waals surface area (Å²) in [5.74, 6) is -0.259. The van der Waals surface area contributed by atoms with Crippen molar-refractivity contribution in [3.05, 3.63) is 60.4 Å². The molecule has 7 nitrogen and oxygen atoms in total. The molecule has 2 aromatic heterocycles. The number of anilines is 2. The number of nitrogens with one attached hydrogen (secondary N) is 2. The van der Waals surface area contributed by atoms with Crippen LogP contribution in [-0.2, 0) is 16.2 Å². The number of pyridine rings is 1. The number of rotatable bonds is 7. The lowest BCUT2D eigenvalue weighted by Crippen LogP contribution is -2.14. The predicted octanol–water partition coefficient (Wildman–Crippen LogP) is 5.36. The third-order valence-corrected chi connectivity index (χ3v) is 6.56. The minimum atomic E-state index is -2.96. The van der Waals surface area contributed by atoms with Gasteiger partial charge in [0.15, 0.2) is 10.0 Å². The molecule has 0 fully saturated rings. The van der Waals surface area contributed by atoms with Crippen LogP contribution in [0.1, 0.15) is 12.6 Å². The van der Waals surface area contributed by atoms with Gasteiger partial charge in [-0.3, -0.25) is 9.78 Å². The summed E-state index contributed by atoms with van der Waals surface area (Å²) in [7, 11) is 0. The van der Waals surface area contributed by atoms with Gasteiger partial charge in [0, 0.05) is 24.8 Å². The molecule has 33 heavy (non-hydrogen) atoms. The number of carbonyl (C=O) groups excluding carboxylic acids is 1. The molecule has 0 aliphatic rings. The van der Waals surface area contributed by atoms with Gasteiger partial charge in [-0.15, -0.1) is 0 Å². The first-order valence-corrected chi connectivity index (χ1v) is 11.6. The van der Waals surface area contributed by atoms with Crippen LogP contribution in [0, 0.1) is 6.92 Å². The Bertz CT molecular complexity index is 1320. The smallest absolute Gasteiger partial charge is 0.387 e. The Kier molecular flexibility index (Phi) is 6.72. The Morgan fingerprint density at radius 2 is 2.00 bits per heavy atom. The maximum absolute atomic E-state index is 12.8. The SMILES string of the molecule is CC(=O)Nc1nc2ccc(-c3cnc(C)c(N[S+]([O-])c4cccc(OC(F)F)c4)c3)cc2s1.